The first-order valence-corrected chi connectivity index (χ1v) is 3.74. The average Bonchev–Trinajstić information content (AvgIpc) is 2.08. The number of halogens is 4. The molecule has 7 heteroatoms. The first-order valence-electron chi connectivity index (χ1n) is 3.37. The predicted molar refractivity (Wildman–Crippen MR) is 43.7 cm³/mol. The van der Waals surface area contributed by atoms with E-state index in [1.54, 1.807) is 0 Å². The Hall–Kier alpha value is -1.30. The summed E-state index contributed by atoms with van der Waals surface area (Å²) in [6, 6.07) is 0. The van der Waals surface area contributed by atoms with Gasteiger partial charge in [0.25, 0.3) is 11.7 Å². The summed E-state index contributed by atoms with van der Waals surface area (Å²) in [4.78, 5) is 13.8. The van der Waals surface area contributed by atoms with E-state index in [1.807, 2.05) is 0 Å². The summed E-state index contributed by atoms with van der Waals surface area (Å²) in [7, 11) is 0. The van der Waals surface area contributed by atoms with Crippen molar-refractivity contribution in [3.05, 3.63) is 23.1 Å². The van der Waals surface area contributed by atoms with Gasteiger partial charge in [0.2, 0.25) is 0 Å². The number of pyridine rings is 1. The van der Waals surface area contributed by atoms with Crippen molar-refractivity contribution < 1.29 is 18.0 Å². The largest absolute Gasteiger partial charge is 0.381 e. The van der Waals surface area contributed by atoms with Gasteiger partial charge in [0, 0.05) is 6.20 Å². The van der Waals surface area contributed by atoms with E-state index in [0.29, 0.717) is 0 Å². The molecule has 14 heavy (non-hydrogen) atoms. The molecule has 0 amide bonds. The SMILES string of the molecule is Nc1ncc(C(=O)Cl)c(C(F)F)c1F. The maximum atomic E-state index is 13.0. The average molecular weight is 225 g/mol. The molecule has 76 valence electrons. The van der Waals surface area contributed by atoms with Crippen LogP contribution < -0.4 is 5.73 Å². The fraction of sp³-hybridized carbons (Fsp3) is 0.143. The zero-order chi connectivity index (χ0) is 10.9. The first kappa shape index (κ1) is 10.8. The van der Waals surface area contributed by atoms with Gasteiger partial charge in [0.05, 0.1) is 11.1 Å². The lowest BCUT2D eigenvalue weighted by Crippen LogP contribution is -2.07. The Morgan fingerprint density at radius 1 is 1.57 bits per heavy atom. The van der Waals surface area contributed by atoms with E-state index < -0.39 is 34.4 Å². The number of hydrogen-bond donors (Lipinski definition) is 1. The molecular formula is C7H4ClF3N2O. The van der Waals surface area contributed by atoms with Crippen LogP contribution in [0.2, 0.25) is 0 Å². The number of carbonyl (C=O) groups is 1. The van der Waals surface area contributed by atoms with Crippen molar-refractivity contribution in [2.45, 2.75) is 6.43 Å². The van der Waals surface area contributed by atoms with E-state index >= 15 is 0 Å². The van der Waals surface area contributed by atoms with Gasteiger partial charge in [-0.05, 0) is 11.6 Å². The van der Waals surface area contributed by atoms with Gasteiger partial charge in [0.15, 0.2) is 11.6 Å². The first-order chi connectivity index (χ1) is 6.45. The van der Waals surface area contributed by atoms with Crippen molar-refractivity contribution in [1.82, 2.24) is 4.98 Å². The molecule has 0 atom stereocenters. The molecule has 0 aliphatic rings. The van der Waals surface area contributed by atoms with Crippen molar-refractivity contribution in [3.8, 4) is 0 Å². The van der Waals surface area contributed by atoms with Crippen LogP contribution >= 0.6 is 11.6 Å². The Kier molecular flexibility index (Phi) is 2.95. The fourth-order valence-corrected chi connectivity index (χ4v) is 1.04. The highest BCUT2D eigenvalue weighted by atomic mass is 35.5. The third-order valence-corrected chi connectivity index (χ3v) is 1.72. The number of rotatable bonds is 2. The summed E-state index contributed by atoms with van der Waals surface area (Å²) in [5.41, 5.74) is 3.17. The molecule has 0 saturated heterocycles. The lowest BCUT2D eigenvalue weighted by molar-refractivity contribution is 0.106. The minimum atomic E-state index is -3.17. The van der Waals surface area contributed by atoms with E-state index in [-0.39, 0.29) is 0 Å². The maximum absolute atomic E-state index is 13.0. The summed E-state index contributed by atoms with van der Waals surface area (Å²) in [5, 5.41) is -1.20. The Bertz CT molecular complexity index is 383. The van der Waals surface area contributed by atoms with Gasteiger partial charge in [-0.15, -0.1) is 0 Å². The monoisotopic (exact) mass is 224 g/mol. The van der Waals surface area contributed by atoms with E-state index in [4.69, 9.17) is 17.3 Å². The molecular weight excluding hydrogens is 221 g/mol. The maximum Gasteiger partial charge on any atom is 0.267 e. The van der Waals surface area contributed by atoms with Crippen LogP contribution in [0.5, 0.6) is 0 Å². The van der Waals surface area contributed by atoms with Crippen LogP contribution in [0.1, 0.15) is 22.3 Å². The third kappa shape index (κ3) is 1.79. The van der Waals surface area contributed by atoms with Gasteiger partial charge in [0.1, 0.15) is 0 Å². The number of anilines is 1. The van der Waals surface area contributed by atoms with Crippen molar-refractivity contribution >= 4 is 22.7 Å². The number of aromatic nitrogens is 1. The summed E-state index contributed by atoms with van der Waals surface area (Å²) in [5.74, 6) is -2.10. The van der Waals surface area contributed by atoms with Crippen LogP contribution in [-0.4, -0.2) is 10.2 Å². The van der Waals surface area contributed by atoms with Gasteiger partial charge in [-0.25, -0.2) is 18.2 Å². The summed E-state index contributed by atoms with van der Waals surface area (Å²) in [6.45, 7) is 0. The Balaban J connectivity index is 3.45. The van der Waals surface area contributed by atoms with Gasteiger partial charge in [-0.1, -0.05) is 0 Å². The van der Waals surface area contributed by atoms with E-state index in [9.17, 15) is 18.0 Å². The molecule has 0 aromatic carbocycles. The lowest BCUT2D eigenvalue weighted by Gasteiger charge is -2.06. The van der Waals surface area contributed by atoms with Gasteiger partial charge in [-0.3, -0.25) is 4.79 Å². The number of nitrogens with two attached hydrogens (primary N) is 1. The second kappa shape index (κ2) is 3.83. The smallest absolute Gasteiger partial charge is 0.267 e. The summed E-state index contributed by atoms with van der Waals surface area (Å²) in [6.07, 6.45) is -2.45. The number of hydrogen-bond acceptors (Lipinski definition) is 3. The van der Waals surface area contributed by atoms with Crippen LogP contribution in [-0.2, 0) is 0 Å². The van der Waals surface area contributed by atoms with Gasteiger partial charge >= 0.3 is 0 Å². The molecule has 0 unspecified atom stereocenters. The second-order valence-electron chi connectivity index (χ2n) is 2.36. The predicted octanol–water partition coefficient (Wildman–Crippen LogP) is 2.12. The second-order valence-corrected chi connectivity index (χ2v) is 2.70. The van der Waals surface area contributed by atoms with Crippen molar-refractivity contribution in [2.24, 2.45) is 0 Å². The minimum Gasteiger partial charge on any atom is -0.381 e. The normalized spacial score (nSPS) is 10.6. The zero-order valence-corrected chi connectivity index (χ0v) is 7.36. The molecule has 0 spiro atoms. The summed E-state index contributed by atoms with van der Waals surface area (Å²) < 4.78 is 37.6. The molecule has 1 aromatic rings. The highest BCUT2D eigenvalue weighted by Gasteiger charge is 2.24. The highest BCUT2D eigenvalue weighted by Crippen LogP contribution is 2.28. The molecule has 0 bridgehead atoms. The van der Waals surface area contributed by atoms with Crippen LogP contribution in [0.3, 0.4) is 0 Å². The topological polar surface area (TPSA) is 56.0 Å². The zero-order valence-electron chi connectivity index (χ0n) is 6.60. The standard InChI is InChI=1S/C7H4ClF3N2O/c8-5(14)2-1-13-7(12)4(9)3(2)6(10)11/h1,6H,(H2,12,13). The number of nitrogen functional groups attached to an aromatic ring is 1. The molecule has 0 radical (unpaired) electrons. The van der Waals surface area contributed by atoms with Crippen LogP contribution in [0.25, 0.3) is 0 Å². The van der Waals surface area contributed by atoms with Crippen molar-refractivity contribution in [1.29, 1.82) is 0 Å². The Labute approximate surface area is 81.7 Å². The van der Waals surface area contributed by atoms with E-state index in [1.165, 1.54) is 0 Å². The van der Waals surface area contributed by atoms with Gasteiger partial charge in [-0.2, -0.15) is 0 Å². The fourth-order valence-electron chi connectivity index (χ4n) is 0.886. The highest BCUT2D eigenvalue weighted by molar-refractivity contribution is 6.67. The molecule has 1 heterocycles. The number of alkyl halides is 2. The van der Waals surface area contributed by atoms with Crippen LogP contribution in [0.15, 0.2) is 6.20 Å². The quantitative estimate of drug-likeness (QED) is 0.783. The molecule has 3 nitrogen and oxygen atoms in total. The molecule has 1 aromatic heterocycles. The Morgan fingerprint density at radius 2 is 2.14 bits per heavy atom. The molecule has 0 saturated carbocycles. The van der Waals surface area contributed by atoms with Crippen molar-refractivity contribution in [2.75, 3.05) is 5.73 Å². The van der Waals surface area contributed by atoms with Crippen molar-refractivity contribution in [3.63, 3.8) is 0 Å². The molecule has 0 fully saturated rings. The number of carbonyl (C=O) groups excluding carboxylic acids is 1. The van der Waals surface area contributed by atoms with Crippen LogP contribution in [0.4, 0.5) is 19.0 Å². The molecule has 1 rings (SSSR count). The third-order valence-electron chi connectivity index (χ3n) is 1.51. The van der Waals surface area contributed by atoms with Crippen LogP contribution in [0, 0.1) is 5.82 Å². The summed E-state index contributed by atoms with van der Waals surface area (Å²) >= 11 is 4.96. The van der Waals surface area contributed by atoms with Gasteiger partial charge < -0.3 is 5.73 Å². The molecule has 0 aliphatic heterocycles. The lowest BCUT2D eigenvalue weighted by atomic mass is 10.1. The molecule has 0 aliphatic carbocycles. The molecule has 2 N–H and O–H groups in total. The number of nitrogens with zero attached hydrogens (tertiary/aromatic N) is 1. The Morgan fingerprint density at radius 3 is 2.57 bits per heavy atom. The van der Waals surface area contributed by atoms with E-state index in [2.05, 4.69) is 4.98 Å². The van der Waals surface area contributed by atoms with E-state index in [0.717, 1.165) is 6.20 Å². The minimum absolute atomic E-state index is 0.673.